The van der Waals surface area contributed by atoms with Gasteiger partial charge in [0.2, 0.25) is 0 Å². The molecular formula is C21H36N4O2. The second-order valence-corrected chi connectivity index (χ2v) is 8.53. The first-order valence-corrected chi connectivity index (χ1v) is 10.9. The number of unbranched alkanes of at least 4 members (excludes halogenated alkanes) is 4. The van der Waals surface area contributed by atoms with Crippen LogP contribution in [-0.2, 0) is 17.6 Å². The predicted molar refractivity (Wildman–Crippen MR) is 106 cm³/mol. The molecule has 6 heteroatoms. The van der Waals surface area contributed by atoms with Gasteiger partial charge in [0.05, 0.1) is 18.0 Å². The van der Waals surface area contributed by atoms with Crippen LogP contribution in [0.25, 0.3) is 0 Å². The van der Waals surface area contributed by atoms with Gasteiger partial charge in [-0.25, -0.2) is 9.48 Å². The Morgan fingerprint density at radius 3 is 2.67 bits per heavy atom. The third kappa shape index (κ3) is 5.23. The lowest BCUT2D eigenvalue weighted by molar-refractivity contribution is 0.137. The Morgan fingerprint density at radius 1 is 1.19 bits per heavy atom. The minimum absolute atomic E-state index is 0.245. The number of hydrogen-bond acceptors (Lipinski definition) is 4. The van der Waals surface area contributed by atoms with Crippen molar-refractivity contribution in [3.8, 4) is 0 Å². The summed E-state index contributed by atoms with van der Waals surface area (Å²) < 4.78 is 7.59. The molecule has 1 N–H and O–H groups in total. The molecule has 1 saturated carbocycles. The van der Waals surface area contributed by atoms with Crippen molar-refractivity contribution in [3.63, 3.8) is 0 Å². The lowest BCUT2D eigenvalue weighted by atomic mass is 10.0. The fourth-order valence-electron chi connectivity index (χ4n) is 4.59. The van der Waals surface area contributed by atoms with Crippen molar-refractivity contribution < 1.29 is 9.53 Å². The number of carbonyl (C=O) groups excluding carboxylic acids is 1. The van der Waals surface area contributed by atoms with Crippen molar-refractivity contribution in [3.05, 3.63) is 11.4 Å². The van der Waals surface area contributed by atoms with Gasteiger partial charge in [0, 0.05) is 12.6 Å². The summed E-state index contributed by atoms with van der Waals surface area (Å²) in [5.74, 6) is 1.91. The van der Waals surface area contributed by atoms with Gasteiger partial charge in [-0.15, -0.1) is 5.10 Å². The Labute approximate surface area is 163 Å². The third-order valence-electron chi connectivity index (χ3n) is 6.26. The Hall–Kier alpha value is -1.59. The molecule has 1 aromatic rings. The molecule has 3 atom stereocenters. The normalized spacial score (nSPS) is 23.9. The first-order chi connectivity index (χ1) is 13.1. The molecule has 2 aliphatic rings. The third-order valence-corrected chi connectivity index (χ3v) is 6.26. The quantitative estimate of drug-likeness (QED) is 0.653. The maximum atomic E-state index is 11.9. The monoisotopic (exact) mass is 376 g/mol. The fraction of sp³-hybridized carbons (Fsp3) is 0.857. The molecule has 27 heavy (non-hydrogen) atoms. The van der Waals surface area contributed by atoms with E-state index in [2.05, 4.69) is 41.1 Å². The Kier molecular flexibility index (Phi) is 7.13. The molecule has 1 heterocycles. The number of nitrogens with one attached hydrogen (secondary N) is 1. The second-order valence-electron chi connectivity index (χ2n) is 8.53. The van der Waals surface area contributed by atoms with Gasteiger partial charge >= 0.3 is 6.09 Å². The number of rotatable bonds is 9. The highest BCUT2D eigenvalue weighted by Gasteiger charge is 2.50. The number of amides is 1. The predicted octanol–water partition coefficient (Wildman–Crippen LogP) is 4.30. The van der Waals surface area contributed by atoms with Crippen LogP contribution in [0.2, 0.25) is 0 Å². The van der Waals surface area contributed by atoms with E-state index in [-0.39, 0.29) is 6.09 Å². The van der Waals surface area contributed by atoms with Gasteiger partial charge in [0.25, 0.3) is 0 Å². The molecule has 3 unspecified atom stereocenters. The number of hydrogen-bond donors (Lipinski definition) is 1. The Morgan fingerprint density at radius 2 is 1.93 bits per heavy atom. The number of carbonyl (C=O) groups is 1. The molecule has 0 spiro atoms. The molecule has 0 aliphatic heterocycles. The van der Waals surface area contributed by atoms with Crippen LogP contribution in [0.3, 0.4) is 0 Å². The van der Waals surface area contributed by atoms with Crippen LogP contribution < -0.4 is 5.32 Å². The van der Waals surface area contributed by atoms with Gasteiger partial charge in [0.1, 0.15) is 0 Å². The van der Waals surface area contributed by atoms with E-state index in [4.69, 9.17) is 4.74 Å². The molecule has 0 bridgehead atoms. The van der Waals surface area contributed by atoms with Crippen LogP contribution >= 0.6 is 0 Å². The van der Waals surface area contributed by atoms with Gasteiger partial charge in [0.15, 0.2) is 0 Å². The molecule has 1 fully saturated rings. The van der Waals surface area contributed by atoms with Crippen LogP contribution in [0.5, 0.6) is 0 Å². The van der Waals surface area contributed by atoms with E-state index < -0.39 is 0 Å². The molecular weight excluding hydrogens is 340 g/mol. The summed E-state index contributed by atoms with van der Waals surface area (Å²) >= 11 is 0. The van der Waals surface area contributed by atoms with Crippen molar-refractivity contribution in [2.45, 2.75) is 84.6 Å². The van der Waals surface area contributed by atoms with Gasteiger partial charge in [-0.3, -0.25) is 0 Å². The highest BCUT2D eigenvalue weighted by molar-refractivity contribution is 5.67. The zero-order valence-corrected chi connectivity index (χ0v) is 17.2. The van der Waals surface area contributed by atoms with Crippen molar-refractivity contribution in [1.29, 1.82) is 0 Å². The topological polar surface area (TPSA) is 69.0 Å². The van der Waals surface area contributed by atoms with Crippen LogP contribution in [0.1, 0.15) is 83.1 Å². The summed E-state index contributed by atoms with van der Waals surface area (Å²) in [4.78, 5) is 11.9. The number of aryl methyl sites for hydroxylation is 1. The lowest BCUT2D eigenvalue weighted by Crippen LogP contribution is -2.26. The van der Waals surface area contributed by atoms with Crippen LogP contribution in [0.15, 0.2) is 0 Å². The first-order valence-electron chi connectivity index (χ1n) is 10.9. The molecule has 0 saturated heterocycles. The van der Waals surface area contributed by atoms with Crippen LogP contribution in [-0.4, -0.2) is 34.2 Å². The zero-order valence-electron chi connectivity index (χ0n) is 17.2. The summed E-state index contributed by atoms with van der Waals surface area (Å²) in [6, 6.07) is 0.362. The van der Waals surface area contributed by atoms with E-state index >= 15 is 0 Å². The first kappa shape index (κ1) is 20.2. The number of aromatic nitrogens is 3. The van der Waals surface area contributed by atoms with Gasteiger partial charge in [-0.05, 0) is 63.7 Å². The molecule has 152 valence electrons. The zero-order chi connectivity index (χ0) is 19.2. The number of alkyl carbamates (subject to hydrolysis) is 1. The van der Waals surface area contributed by atoms with Crippen molar-refractivity contribution >= 4 is 6.09 Å². The van der Waals surface area contributed by atoms with E-state index in [0.717, 1.165) is 38.6 Å². The number of ether oxygens (including phenoxy) is 1. The summed E-state index contributed by atoms with van der Waals surface area (Å²) in [7, 11) is 0. The van der Waals surface area contributed by atoms with Crippen molar-refractivity contribution in [1.82, 2.24) is 20.3 Å². The average molecular weight is 377 g/mol. The second kappa shape index (κ2) is 9.56. The largest absolute Gasteiger partial charge is 0.449 e. The molecule has 6 nitrogen and oxygen atoms in total. The minimum atomic E-state index is -0.245. The average Bonchev–Trinajstić information content (AvgIpc) is 3.12. The van der Waals surface area contributed by atoms with E-state index in [1.807, 2.05) is 0 Å². The summed E-state index contributed by atoms with van der Waals surface area (Å²) in [6.07, 6.45) is 10.1. The van der Waals surface area contributed by atoms with E-state index in [1.165, 1.54) is 37.1 Å². The van der Waals surface area contributed by atoms with Gasteiger partial charge in [-0.2, -0.15) is 0 Å². The fourth-order valence-corrected chi connectivity index (χ4v) is 4.59. The SMILES string of the molecule is CCCCCCCNC(=O)OCC1C2CCc3nnn(C(C)C)c3CCC21. The number of fused-ring (bicyclic) bond motifs is 2. The highest BCUT2D eigenvalue weighted by atomic mass is 16.5. The Bertz CT molecular complexity index is 613. The summed E-state index contributed by atoms with van der Waals surface area (Å²) in [5, 5.41) is 11.6. The Balaban J connectivity index is 1.36. The highest BCUT2D eigenvalue weighted by Crippen LogP contribution is 2.52. The minimum Gasteiger partial charge on any atom is -0.449 e. The van der Waals surface area contributed by atoms with E-state index in [0.29, 0.717) is 30.4 Å². The van der Waals surface area contributed by atoms with Crippen molar-refractivity contribution in [2.75, 3.05) is 13.2 Å². The van der Waals surface area contributed by atoms with Crippen LogP contribution in [0, 0.1) is 17.8 Å². The molecule has 3 rings (SSSR count). The number of nitrogens with zero attached hydrogens (tertiary/aromatic N) is 3. The van der Waals surface area contributed by atoms with Crippen LogP contribution in [0.4, 0.5) is 4.79 Å². The maximum absolute atomic E-state index is 11.9. The van der Waals surface area contributed by atoms with Crippen molar-refractivity contribution in [2.24, 2.45) is 17.8 Å². The molecule has 2 aliphatic carbocycles. The van der Waals surface area contributed by atoms with Gasteiger partial charge < -0.3 is 10.1 Å². The molecule has 0 aromatic carbocycles. The molecule has 0 radical (unpaired) electrons. The van der Waals surface area contributed by atoms with E-state index in [9.17, 15) is 4.79 Å². The van der Waals surface area contributed by atoms with Gasteiger partial charge in [-0.1, -0.05) is 37.8 Å². The lowest BCUT2D eigenvalue weighted by Gasteiger charge is -2.12. The summed E-state index contributed by atoms with van der Waals surface area (Å²) in [6.45, 7) is 7.83. The standard InChI is InChI=1S/C21H36N4O2/c1-4-5-6-7-8-13-22-21(26)27-14-18-16-9-11-19-20(12-10-17(16)18)25(15(2)3)24-23-19/h15-18H,4-14H2,1-3H3,(H,22,26). The molecule has 1 aromatic heterocycles. The smallest absolute Gasteiger partial charge is 0.407 e. The summed E-state index contributed by atoms with van der Waals surface area (Å²) in [5.41, 5.74) is 2.49. The van der Waals surface area contributed by atoms with E-state index in [1.54, 1.807) is 0 Å². The molecule has 1 amide bonds. The maximum Gasteiger partial charge on any atom is 0.407 e.